The van der Waals surface area contributed by atoms with Gasteiger partial charge in [0.2, 0.25) is 0 Å². The van der Waals surface area contributed by atoms with Gasteiger partial charge in [-0.15, -0.1) is 0 Å². The fourth-order valence-corrected chi connectivity index (χ4v) is 2.19. The second-order valence-electron chi connectivity index (χ2n) is 4.67. The van der Waals surface area contributed by atoms with Crippen molar-refractivity contribution in [3.05, 3.63) is 24.3 Å². The number of ether oxygens (including phenoxy) is 1. The van der Waals surface area contributed by atoms with Gasteiger partial charge < -0.3 is 9.26 Å². The van der Waals surface area contributed by atoms with Crippen molar-refractivity contribution in [2.75, 3.05) is 0 Å². The van der Waals surface area contributed by atoms with Gasteiger partial charge in [-0.25, -0.2) is 4.57 Å². The minimum Gasteiger partial charge on any atom is -0.423 e. The van der Waals surface area contributed by atoms with Gasteiger partial charge in [-0.05, 0) is 18.6 Å². The third kappa shape index (κ3) is 7.85. The Balaban J connectivity index is 2.50. The summed E-state index contributed by atoms with van der Waals surface area (Å²) in [6.07, 6.45) is 5.34. The molecule has 0 spiro atoms. The van der Waals surface area contributed by atoms with E-state index in [-0.39, 0.29) is 17.9 Å². The highest BCUT2D eigenvalue weighted by Gasteiger charge is 2.19. The van der Waals surface area contributed by atoms with E-state index in [4.69, 9.17) is 14.5 Å². The van der Waals surface area contributed by atoms with Crippen LogP contribution in [0.5, 0.6) is 11.5 Å². The molecule has 0 amide bonds. The molecule has 0 aromatic heterocycles. The highest BCUT2D eigenvalue weighted by molar-refractivity contribution is 7.46. The Kier molecular flexibility index (Phi) is 7.43. The summed E-state index contributed by atoms with van der Waals surface area (Å²) >= 11 is 0. The largest absolute Gasteiger partial charge is 0.524 e. The average molecular weight is 316 g/mol. The number of para-hydroxylation sites is 2. The third-order valence-corrected chi connectivity index (χ3v) is 3.21. The Hall–Kier alpha value is -1.36. The number of carbonyl (C=O) groups excluding carboxylic acids is 1. The number of unbranched alkanes of at least 4 members (excludes halogenated alkanes) is 4. The molecule has 0 bridgehead atoms. The summed E-state index contributed by atoms with van der Waals surface area (Å²) < 4.78 is 20.4. The fourth-order valence-electron chi connectivity index (χ4n) is 1.78. The van der Waals surface area contributed by atoms with E-state index in [9.17, 15) is 9.36 Å². The first-order chi connectivity index (χ1) is 9.92. The predicted octanol–water partition coefficient (Wildman–Crippen LogP) is 3.42. The Bertz CT molecular complexity index is 496. The molecule has 1 aromatic rings. The van der Waals surface area contributed by atoms with E-state index in [1.165, 1.54) is 18.2 Å². The minimum absolute atomic E-state index is 0.0133. The van der Waals surface area contributed by atoms with Crippen LogP contribution in [0, 0.1) is 0 Å². The molecule has 6 nitrogen and oxygen atoms in total. The molecule has 0 saturated carbocycles. The second-order valence-corrected chi connectivity index (χ2v) is 5.83. The fraction of sp³-hybridized carbons (Fsp3) is 0.500. The summed E-state index contributed by atoms with van der Waals surface area (Å²) in [6.45, 7) is 2.12. The van der Waals surface area contributed by atoms with Gasteiger partial charge in [-0.1, -0.05) is 44.7 Å². The Morgan fingerprint density at radius 1 is 1.10 bits per heavy atom. The van der Waals surface area contributed by atoms with Crippen LogP contribution in [0.25, 0.3) is 0 Å². The smallest absolute Gasteiger partial charge is 0.423 e. The Labute approximate surface area is 124 Å². The van der Waals surface area contributed by atoms with Gasteiger partial charge in [0.15, 0.2) is 11.5 Å². The summed E-state index contributed by atoms with van der Waals surface area (Å²) in [5, 5.41) is 0. The van der Waals surface area contributed by atoms with E-state index < -0.39 is 13.8 Å². The van der Waals surface area contributed by atoms with Crippen LogP contribution < -0.4 is 9.26 Å². The number of phosphoric acid groups is 1. The number of phosphoric ester groups is 1. The number of hydrogen-bond donors (Lipinski definition) is 2. The number of hydrogen-bond acceptors (Lipinski definition) is 4. The molecule has 0 fully saturated rings. The zero-order chi connectivity index (χ0) is 15.7. The maximum absolute atomic E-state index is 11.7. The van der Waals surface area contributed by atoms with Crippen molar-refractivity contribution in [2.45, 2.75) is 45.4 Å². The molecule has 0 atom stereocenters. The minimum atomic E-state index is -4.68. The first-order valence-electron chi connectivity index (χ1n) is 6.97. The summed E-state index contributed by atoms with van der Waals surface area (Å²) in [5.74, 6) is -0.571. The summed E-state index contributed by atoms with van der Waals surface area (Å²) in [7, 11) is -4.68. The van der Waals surface area contributed by atoms with Crippen LogP contribution in [0.1, 0.15) is 45.4 Å². The van der Waals surface area contributed by atoms with Crippen molar-refractivity contribution in [3.63, 3.8) is 0 Å². The standard InChI is InChI=1S/C14H21O6P/c1-2-3-4-5-6-11-14(15)19-12-9-7-8-10-13(12)20-21(16,17)18/h7-10H,2-6,11H2,1H3,(H2,16,17,18). The van der Waals surface area contributed by atoms with Gasteiger partial charge in [-0.2, -0.15) is 0 Å². The zero-order valence-corrected chi connectivity index (χ0v) is 12.9. The first kappa shape index (κ1) is 17.7. The van der Waals surface area contributed by atoms with Crippen LogP contribution in [-0.4, -0.2) is 15.8 Å². The van der Waals surface area contributed by atoms with Crippen molar-refractivity contribution >= 4 is 13.8 Å². The van der Waals surface area contributed by atoms with Crippen molar-refractivity contribution in [1.29, 1.82) is 0 Å². The number of esters is 1. The molecule has 1 rings (SSSR count). The number of benzene rings is 1. The lowest BCUT2D eigenvalue weighted by Gasteiger charge is -2.11. The molecule has 21 heavy (non-hydrogen) atoms. The molecule has 2 N–H and O–H groups in total. The van der Waals surface area contributed by atoms with Crippen LogP contribution in [0.15, 0.2) is 24.3 Å². The molecule has 7 heteroatoms. The molecule has 0 aliphatic rings. The van der Waals surface area contributed by atoms with Crippen LogP contribution in [0.3, 0.4) is 0 Å². The van der Waals surface area contributed by atoms with Crippen molar-refractivity contribution in [1.82, 2.24) is 0 Å². The van der Waals surface area contributed by atoms with Gasteiger partial charge in [0, 0.05) is 6.42 Å². The van der Waals surface area contributed by atoms with E-state index in [0.29, 0.717) is 0 Å². The van der Waals surface area contributed by atoms with Gasteiger partial charge in [0.1, 0.15) is 0 Å². The van der Waals surface area contributed by atoms with E-state index in [0.717, 1.165) is 32.1 Å². The molecule has 118 valence electrons. The molecular formula is C14H21O6P. The van der Waals surface area contributed by atoms with Crippen molar-refractivity contribution < 1.29 is 28.4 Å². The van der Waals surface area contributed by atoms with Crippen LogP contribution in [0.4, 0.5) is 0 Å². The predicted molar refractivity (Wildman–Crippen MR) is 78.1 cm³/mol. The normalized spacial score (nSPS) is 11.2. The second kappa shape index (κ2) is 8.82. The first-order valence-corrected chi connectivity index (χ1v) is 8.50. The third-order valence-electron chi connectivity index (χ3n) is 2.77. The number of carbonyl (C=O) groups is 1. The van der Waals surface area contributed by atoms with Gasteiger partial charge >= 0.3 is 13.8 Å². The lowest BCUT2D eigenvalue weighted by Crippen LogP contribution is -2.08. The molecule has 1 aromatic carbocycles. The van der Waals surface area contributed by atoms with Gasteiger partial charge in [-0.3, -0.25) is 14.6 Å². The molecule has 0 radical (unpaired) electrons. The van der Waals surface area contributed by atoms with E-state index in [2.05, 4.69) is 11.4 Å². The molecular weight excluding hydrogens is 295 g/mol. The molecule has 0 aliphatic carbocycles. The van der Waals surface area contributed by atoms with E-state index in [1.807, 2.05) is 0 Å². The average Bonchev–Trinajstić information content (AvgIpc) is 2.39. The maximum atomic E-state index is 11.7. The van der Waals surface area contributed by atoms with Gasteiger partial charge in [0.25, 0.3) is 0 Å². The lowest BCUT2D eigenvalue weighted by atomic mass is 10.1. The van der Waals surface area contributed by atoms with E-state index in [1.54, 1.807) is 6.07 Å². The highest BCUT2D eigenvalue weighted by Crippen LogP contribution is 2.41. The topological polar surface area (TPSA) is 93.1 Å². The van der Waals surface area contributed by atoms with Crippen LogP contribution in [0.2, 0.25) is 0 Å². The zero-order valence-electron chi connectivity index (χ0n) is 12.0. The monoisotopic (exact) mass is 316 g/mol. The van der Waals surface area contributed by atoms with Crippen LogP contribution in [-0.2, 0) is 9.36 Å². The van der Waals surface area contributed by atoms with E-state index >= 15 is 0 Å². The van der Waals surface area contributed by atoms with Gasteiger partial charge in [0.05, 0.1) is 0 Å². The van der Waals surface area contributed by atoms with Crippen molar-refractivity contribution in [2.24, 2.45) is 0 Å². The summed E-state index contributed by atoms with van der Waals surface area (Å²) in [6, 6.07) is 5.90. The SMILES string of the molecule is CCCCCCCC(=O)Oc1ccccc1OP(=O)(O)O. The molecule has 0 unspecified atom stereocenters. The quantitative estimate of drug-likeness (QED) is 0.314. The summed E-state index contributed by atoms with van der Waals surface area (Å²) in [4.78, 5) is 29.3. The molecule has 0 aliphatic heterocycles. The van der Waals surface area contributed by atoms with Crippen LogP contribution >= 0.6 is 7.82 Å². The highest BCUT2D eigenvalue weighted by atomic mass is 31.2. The maximum Gasteiger partial charge on any atom is 0.524 e. The molecule has 0 saturated heterocycles. The lowest BCUT2D eigenvalue weighted by molar-refractivity contribution is -0.134. The summed E-state index contributed by atoms with van der Waals surface area (Å²) in [5.41, 5.74) is 0. The van der Waals surface area contributed by atoms with Crippen molar-refractivity contribution in [3.8, 4) is 11.5 Å². The Morgan fingerprint density at radius 3 is 2.33 bits per heavy atom. The molecule has 0 heterocycles. The Morgan fingerprint density at radius 2 is 1.71 bits per heavy atom. The number of rotatable bonds is 9.